The second kappa shape index (κ2) is 6.02. The summed E-state index contributed by atoms with van der Waals surface area (Å²) in [5, 5.41) is 3.40. The van der Waals surface area contributed by atoms with E-state index in [-0.39, 0.29) is 5.54 Å². The van der Waals surface area contributed by atoms with Gasteiger partial charge in [-0.2, -0.15) is 0 Å². The number of esters is 1. The van der Waals surface area contributed by atoms with E-state index in [0.717, 1.165) is 0 Å². The number of hydrogen-bond donors (Lipinski definition) is 2. The lowest BCUT2D eigenvalue weighted by molar-refractivity contribution is 0.0526. The molecule has 1 aromatic rings. The molecule has 0 fully saturated rings. The molecule has 6 heteroatoms. The van der Waals surface area contributed by atoms with Gasteiger partial charge < -0.3 is 15.8 Å². The van der Waals surface area contributed by atoms with E-state index in [1.807, 2.05) is 13.8 Å². The number of carbonyl (C=O) groups is 1. The van der Waals surface area contributed by atoms with Crippen molar-refractivity contribution in [2.24, 2.45) is 5.73 Å². The van der Waals surface area contributed by atoms with Crippen LogP contribution in [-0.4, -0.2) is 29.6 Å². The Morgan fingerprint density at radius 3 is 2.78 bits per heavy atom. The first-order valence-electron chi connectivity index (χ1n) is 5.69. The zero-order valence-corrected chi connectivity index (χ0v) is 11.5. The number of aromatic nitrogens is 1. The normalized spacial score (nSPS) is 11.2. The van der Waals surface area contributed by atoms with Gasteiger partial charge in [0.1, 0.15) is 5.82 Å². The molecule has 1 aromatic heterocycles. The van der Waals surface area contributed by atoms with Crippen LogP contribution in [0.25, 0.3) is 0 Å². The van der Waals surface area contributed by atoms with Gasteiger partial charge in [-0.25, -0.2) is 9.78 Å². The predicted octanol–water partition coefficient (Wildman–Crippen LogP) is 2.06. The Morgan fingerprint density at radius 1 is 1.61 bits per heavy atom. The molecule has 3 N–H and O–H groups in total. The summed E-state index contributed by atoms with van der Waals surface area (Å²) in [5.74, 6) is 0.0702. The van der Waals surface area contributed by atoms with Gasteiger partial charge in [-0.05, 0) is 26.8 Å². The van der Waals surface area contributed by atoms with Crippen LogP contribution in [0, 0.1) is 0 Å². The lowest BCUT2D eigenvalue weighted by Crippen LogP contribution is -2.39. The number of nitrogens with zero attached hydrogens (tertiary/aromatic N) is 1. The van der Waals surface area contributed by atoms with Crippen molar-refractivity contribution in [1.82, 2.24) is 4.98 Å². The van der Waals surface area contributed by atoms with Gasteiger partial charge in [-0.3, -0.25) is 0 Å². The third-order valence-corrected chi connectivity index (χ3v) is 2.35. The summed E-state index contributed by atoms with van der Waals surface area (Å²) >= 11 is 6.03. The average Bonchev–Trinajstić information content (AvgIpc) is 2.26. The SMILES string of the molecule is CCOC(=O)c1cnc(NCC(C)(C)N)c(Cl)c1. The molecule has 0 amide bonds. The molecular weight excluding hydrogens is 254 g/mol. The Bertz CT molecular complexity index is 430. The predicted molar refractivity (Wildman–Crippen MR) is 72.0 cm³/mol. The molecule has 0 aromatic carbocycles. The van der Waals surface area contributed by atoms with Crippen LogP contribution in [0.4, 0.5) is 5.82 Å². The molecule has 0 unspecified atom stereocenters. The van der Waals surface area contributed by atoms with Gasteiger partial charge in [0, 0.05) is 18.3 Å². The summed E-state index contributed by atoms with van der Waals surface area (Å²) in [6, 6.07) is 1.53. The van der Waals surface area contributed by atoms with Crippen LogP contribution < -0.4 is 11.1 Å². The number of anilines is 1. The zero-order chi connectivity index (χ0) is 13.8. The number of hydrogen-bond acceptors (Lipinski definition) is 5. The van der Waals surface area contributed by atoms with Crippen LogP contribution in [0.2, 0.25) is 5.02 Å². The first-order valence-corrected chi connectivity index (χ1v) is 6.06. The number of rotatable bonds is 5. The van der Waals surface area contributed by atoms with E-state index in [1.165, 1.54) is 12.3 Å². The summed E-state index contributed by atoms with van der Waals surface area (Å²) < 4.78 is 4.86. The van der Waals surface area contributed by atoms with Crippen molar-refractivity contribution in [1.29, 1.82) is 0 Å². The largest absolute Gasteiger partial charge is 0.462 e. The number of nitrogens with one attached hydrogen (secondary N) is 1. The first kappa shape index (κ1) is 14.7. The molecule has 0 aliphatic heterocycles. The Labute approximate surface area is 112 Å². The fraction of sp³-hybridized carbons (Fsp3) is 0.500. The molecule has 0 saturated carbocycles. The molecule has 100 valence electrons. The smallest absolute Gasteiger partial charge is 0.339 e. The van der Waals surface area contributed by atoms with Crippen molar-refractivity contribution in [3.63, 3.8) is 0 Å². The van der Waals surface area contributed by atoms with E-state index in [9.17, 15) is 4.79 Å². The van der Waals surface area contributed by atoms with Crippen molar-refractivity contribution in [3.8, 4) is 0 Å². The molecule has 0 atom stereocenters. The summed E-state index contributed by atoms with van der Waals surface area (Å²) in [6.07, 6.45) is 1.43. The number of carbonyl (C=O) groups excluding carboxylic acids is 1. The summed E-state index contributed by atoms with van der Waals surface area (Å²) in [4.78, 5) is 15.5. The number of nitrogens with two attached hydrogens (primary N) is 1. The molecule has 5 nitrogen and oxygen atoms in total. The summed E-state index contributed by atoms with van der Waals surface area (Å²) in [6.45, 7) is 6.37. The maximum atomic E-state index is 11.5. The van der Waals surface area contributed by atoms with Crippen molar-refractivity contribution >= 4 is 23.4 Å². The fourth-order valence-corrected chi connectivity index (χ4v) is 1.44. The molecular formula is C12H18ClN3O2. The molecule has 1 heterocycles. The standard InChI is InChI=1S/C12H18ClN3O2/c1-4-18-11(17)8-5-9(13)10(15-6-8)16-7-12(2,3)14/h5-6H,4,7,14H2,1-3H3,(H,15,16). The van der Waals surface area contributed by atoms with Crippen molar-refractivity contribution in [3.05, 3.63) is 22.8 Å². The molecule has 1 rings (SSSR count). The van der Waals surface area contributed by atoms with E-state index >= 15 is 0 Å². The van der Waals surface area contributed by atoms with Gasteiger partial charge >= 0.3 is 5.97 Å². The highest BCUT2D eigenvalue weighted by atomic mass is 35.5. The van der Waals surface area contributed by atoms with Crippen LogP contribution in [0.1, 0.15) is 31.1 Å². The molecule has 0 aliphatic rings. The van der Waals surface area contributed by atoms with E-state index in [0.29, 0.717) is 29.6 Å². The molecule has 0 radical (unpaired) electrons. The van der Waals surface area contributed by atoms with E-state index in [2.05, 4.69) is 10.3 Å². The Hall–Kier alpha value is -1.33. The minimum atomic E-state index is -0.433. The topological polar surface area (TPSA) is 77.2 Å². The van der Waals surface area contributed by atoms with Gasteiger partial charge in [-0.1, -0.05) is 11.6 Å². The van der Waals surface area contributed by atoms with Crippen molar-refractivity contribution in [2.75, 3.05) is 18.5 Å². The molecule has 0 saturated heterocycles. The lowest BCUT2D eigenvalue weighted by Gasteiger charge is -2.19. The van der Waals surface area contributed by atoms with E-state index < -0.39 is 5.97 Å². The van der Waals surface area contributed by atoms with Gasteiger partial charge in [0.15, 0.2) is 0 Å². The maximum Gasteiger partial charge on any atom is 0.339 e. The summed E-state index contributed by atoms with van der Waals surface area (Å²) in [5.41, 5.74) is 5.81. The Balaban J connectivity index is 2.77. The van der Waals surface area contributed by atoms with Gasteiger partial charge in [0.25, 0.3) is 0 Å². The van der Waals surface area contributed by atoms with Crippen molar-refractivity contribution in [2.45, 2.75) is 26.3 Å². The number of halogens is 1. The van der Waals surface area contributed by atoms with Crippen LogP contribution in [0.5, 0.6) is 0 Å². The van der Waals surface area contributed by atoms with E-state index in [4.69, 9.17) is 22.1 Å². The zero-order valence-electron chi connectivity index (χ0n) is 10.8. The summed E-state index contributed by atoms with van der Waals surface area (Å²) in [7, 11) is 0. The number of ether oxygens (including phenoxy) is 1. The minimum absolute atomic E-state index is 0.317. The van der Waals surface area contributed by atoms with Gasteiger partial charge in [0.2, 0.25) is 0 Å². The first-order chi connectivity index (χ1) is 8.33. The van der Waals surface area contributed by atoms with Crippen molar-refractivity contribution < 1.29 is 9.53 Å². The molecule has 0 aliphatic carbocycles. The average molecular weight is 272 g/mol. The quantitative estimate of drug-likeness (QED) is 0.802. The van der Waals surface area contributed by atoms with Crippen LogP contribution in [-0.2, 0) is 4.74 Å². The second-order valence-corrected chi connectivity index (χ2v) is 5.02. The molecule has 0 bridgehead atoms. The van der Waals surface area contributed by atoms with Crippen LogP contribution in [0.15, 0.2) is 12.3 Å². The van der Waals surface area contributed by atoms with Crippen LogP contribution >= 0.6 is 11.6 Å². The molecule has 0 spiro atoms. The second-order valence-electron chi connectivity index (χ2n) is 4.62. The highest BCUT2D eigenvalue weighted by molar-refractivity contribution is 6.33. The third-order valence-electron chi connectivity index (χ3n) is 2.06. The van der Waals surface area contributed by atoms with Gasteiger partial charge in [0.05, 0.1) is 17.2 Å². The fourth-order valence-electron chi connectivity index (χ4n) is 1.21. The highest BCUT2D eigenvalue weighted by Crippen LogP contribution is 2.20. The maximum absolute atomic E-state index is 11.5. The van der Waals surface area contributed by atoms with Crippen LogP contribution in [0.3, 0.4) is 0 Å². The molecule has 18 heavy (non-hydrogen) atoms. The lowest BCUT2D eigenvalue weighted by atomic mass is 10.1. The van der Waals surface area contributed by atoms with E-state index in [1.54, 1.807) is 6.92 Å². The highest BCUT2D eigenvalue weighted by Gasteiger charge is 2.14. The Morgan fingerprint density at radius 2 is 2.28 bits per heavy atom. The monoisotopic (exact) mass is 271 g/mol. The number of pyridine rings is 1. The minimum Gasteiger partial charge on any atom is -0.462 e. The third kappa shape index (κ3) is 4.50. The van der Waals surface area contributed by atoms with Gasteiger partial charge in [-0.15, -0.1) is 0 Å². The Kier molecular flexibility index (Phi) is 4.93.